The van der Waals surface area contributed by atoms with Crippen molar-refractivity contribution in [2.75, 3.05) is 63.9 Å². The van der Waals surface area contributed by atoms with Crippen LogP contribution in [0.4, 0.5) is 11.4 Å². The van der Waals surface area contributed by atoms with Gasteiger partial charge in [0.1, 0.15) is 11.5 Å². The number of nitrogens with one attached hydrogen (secondary N) is 1. The topological polar surface area (TPSA) is 75.6 Å². The van der Waals surface area contributed by atoms with Crippen molar-refractivity contribution in [3.8, 4) is 11.5 Å². The van der Waals surface area contributed by atoms with E-state index in [1.54, 1.807) is 13.3 Å². The summed E-state index contributed by atoms with van der Waals surface area (Å²) < 4.78 is 16.4. The van der Waals surface area contributed by atoms with Crippen LogP contribution in [0.2, 0.25) is 0 Å². The van der Waals surface area contributed by atoms with Crippen molar-refractivity contribution in [2.45, 2.75) is 0 Å². The molecule has 1 amide bonds. The van der Waals surface area contributed by atoms with Gasteiger partial charge in [-0.3, -0.25) is 4.79 Å². The molecular formula is C22H28N4O4. The summed E-state index contributed by atoms with van der Waals surface area (Å²) in [5, 5.41) is 4.02. The molecule has 3 rings (SSSR count). The maximum atomic E-state index is 12.0. The van der Waals surface area contributed by atoms with E-state index in [0.717, 1.165) is 43.2 Å². The Hall–Kier alpha value is -3.26. The lowest BCUT2D eigenvalue weighted by molar-refractivity contribution is -0.123. The fourth-order valence-electron chi connectivity index (χ4n) is 3.03. The summed E-state index contributed by atoms with van der Waals surface area (Å²) in [5.41, 5.74) is 5.33. The lowest BCUT2D eigenvalue weighted by Crippen LogP contribution is -2.36. The quantitative estimate of drug-likeness (QED) is 0.529. The molecule has 8 nitrogen and oxygen atoms in total. The van der Waals surface area contributed by atoms with Crippen LogP contribution in [-0.2, 0) is 9.53 Å². The standard InChI is InChI=1S/C22H28N4O4/c1-25(2)18-5-4-6-20(13-18)30-16-22(27)24-23-15-17-7-8-19(14-21(17)28-3)26-9-11-29-12-10-26/h4-8,13-15H,9-12,16H2,1-3H3,(H,24,27)/b23-15+. The number of amides is 1. The molecule has 0 unspecified atom stereocenters. The first-order chi connectivity index (χ1) is 14.6. The van der Waals surface area contributed by atoms with E-state index in [-0.39, 0.29) is 12.5 Å². The van der Waals surface area contributed by atoms with E-state index < -0.39 is 0 Å². The van der Waals surface area contributed by atoms with Crippen molar-refractivity contribution >= 4 is 23.5 Å². The summed E-state index contributed by atoms with van der Waals surface area (Å²) in [5.74, 6) is 0.972. The van der Waals surface area contributed by atoms with Crippen LogP contribution in [0.25, 0.3) is 0 Å². The molecule has 2 aromatic rings. The highest BCUT2D eigenvalue weighted by atomic mass is 16.5. The first-order valence-corrected chi connectivity index (χ1v) is 9.79. The second-order valence-corrected chi connectivity index (χ2v) is 7.00. The third-order valence-electron chi connectivity index (χ3n) is 4.69. The predicted molar refractivity (Wildman–Crippen MR) is 118 cm³/mol. The van der Waals surface area contributed by atoms with Crippen molar-refractivity contribution < 1.29 is 19.0 Å². The van der Waals surface area contributed by atoms with Crippen molar-refractivity contribution in [3.63, 3.8) is 0 Å². The van der Waals surface area contributed by atoms with Gasteiger partial charge in [0, 0.05) is 56.3 Å². The van der Waals surface area contributed by atoms with E-state index in [1.165, 1.54) is 0 Å². The minimum Gasteiger partial charge on any atom is -0.496 e. The van der Waals surface area contributed by atoms with Gasteiger partial charge in [0.25, 0.3) is 5.91 Å². The molecule has 0 aliphatic carbocycles. The number of hydrogen-bond acceptors (Lipinski definition) is 7. The molecule has 1 heterocycles. The number of benzene rings is 2. The highest BCUT2D eigenvalue weighted by Crippen LogP contribution is 2.25. The number of anilines is 2. The van der Waals surface area contributed by atoms with E-state index in [1.807, 2.05) is 61.5 Å². The second-order valence-electron chi connectivity index (χ2n) is 7.00. The van der Waals surface area contributed by atoms with Gasteiger partial charge in [-0.15, -0.1) is 0 Å². The van der Waals surface area contributed by atoms with Gasteiger partial charge < -0.3 is 24.0 Å². The normalized spacial score (nSPS) is 13.9. The maximum Gasteiger partial charge on any atom is 0.277 e. The van der Waals surface area contributed by atoms with Crippen LogP contribution < -0.4 is 24.7 Å². The molecule has 30 heavy (non-hydrogen) atoms. The maximum absolute atomic E-state index is 12.0. The number of methoxy groups -OCH3 is 1. The molecule has 1 saturated heterocycles. The molecular weight excluding hydrogens is 384 g/mol. The SMILES string of the molecule is COc1cc(N2CCOCC2)ccc1/C=N/NC(=O)COc1cccc(N(C)C)c1. The molecule has 0 aromatic heterocycles. The molecule has 1 N–H and O–H groups in total. The third-order valence-corrected chi connectivity index (χ3v) is 4.69. The summed E-state index contributed by atoms with van der Waals surface area (Å²) in [4.78, 5) is 16.2. The average molecular weight is 412 g/mol. The first-order valence-electron chi connectivity index (χ1n) is 9.79. The Morgan fingerprint density at radius 1 is 1.23 bits per heavy atom. The van der Waals surface area contributed by atoms with Gasteiger partial charge in [-0.1, -0.05) is 6.07 Å². The van der Waals surface area contributed by atoms with Crippen molar-refractivity contribution in [1.29, 1.82) is 0 Å². The minimum absolute atomic E-state index is 0.124. The molecule has 2 aromatic carbocycles. The van der Waals surface area contributed by atoms with Gasteiger partial charge in [0.15, 0.2) is 6.61 Å². The summed E-state index contributed by atoms with van der Waals surface area (Å²) in [7, 11) is 5.51. The van der Waals surface area contributed by atoms with Gasteiger partial charge in [-0.05, 0) is 24.3 Å². The zero-order chi connectivity index (χ0) is 21.3. The number of rotatable bonds is 8. The molecule has 0 saturated carbocycles. The Balaban J connectivity index is 1.54. The number of hydrazone groups is 1. The highest BCUT2D eigenvalue weighted by Gasteiger charge is 2.13. The number of carbonyl (C=O) groups excluding carboxylic acids is 1. The van der Waals surface area contributed by atoms with Crippen molar-refractivity contribution in [3.05, 3.63) is 48.0 Å². The Bertz CT molecular complexity index is 879. The second kappa shape index (κ2) is 10.5. The number of nitrogens with zero attached hydrogens (tertiary/aromatic N) is 3. The Labute approximate surface area is 177 Å². The number of ether oxygens (including phenoxy) is 3. The molecule has 8 heteroatoms. The molecule has 1 aliphatic heterocycles. The van der Waals surface area contributed by atoms with Gasteiger partial charge in [0.05, 0.1) is 26.5 Å². The number of carbonyl (C=O) groups is 1. The van der Waals surface area contributed by atoms with Gasteiger partial charge in [-0.25, -0.2) is 5.43 Å². The number of hydrogen-bond donors (Lipinski definition) is 1. The smallest absolute Gasteiger partial charge is 0.277 e. The van der Waals surface area contributed by atoms with Gasteiger partial charge in [-0.2, -0.15) is 5.10 Å². The van der Waals surface area contributed by atoms with Crippen molar-refractivity contribution in [1.82, 2.24) is 5.43 Å². The van der Waals surface area contributed by atoms with Crippen LogP contribution >= 0.6 is 0 Å². The van der Waals surface area contributed by atoms with E-state index >= 15 is 0 Å². The summed E-state index contributed by atoms with van der Waals surface area (Å²) >= 11 is 0. The number of morpholine rings is 1. The molecule has 0 spiro atoms. The van der Waals surface area contributed by atoms with Gasteiger partial charge in [0.2, 0.25) is 0 Å². The minimum atomic E-state index is -0.342. The zero-order valence-corrected chi connectivity index (χ0v) is 17.6. The van der Waals surface area contributed by atoms with E-state index in [2.05, 4.69) is 15.4 Å². The molecule has 0 radical (unpaired) electrons. The van der Waals surface area contributed by atoms with Crippen LogP contribution in [-0.4, -0.2) is 66.2 Å². The molecule has 1 aliphatic rings. The summed E-state index contributed by atoms with van der Waals surface area (Å²) in [6, 6.07) is 13.4. The molecule has 0 bridgehead atoms. The van der Waals surface area contributed by atoms with E-state index in [9.17, 15) is 4.79 Å². The van der Waals surface area contributed by atoms with Crippen LogP contribution in [0.15, 0.2) is 47.6 Å². The Morgan fingerprint density at radius 2 is 2.03 bits per heavy atom. The van der Waals surface area contributed by atoms with Crippen molar-refractivity contribution in [2.24, 2.45) is 5.10 Å². The van der Waals surface area contributed by atoms with E-state index in [0.29, 0.717) is 11.5 Å². The highest BCUT2D eigenvalue weighted by molar-refractivity contribution is 5.86. The third kappa shape index (κ3) is 5.87. The lowest BCUT2D eigenvalue weighted by Gasteiger charge is -2.29. The first kappa shape index (κ1) is 21.4. The molecule has 0 atom stereocenters. The van der Waals surface area contributed by atoms with Crippen LogP contribution in [0, 0.1) is 0 Å². The largest absolute Gasteiger partial charge is 0.496 e. The van der Waals surface area contributed by atoms with Gasteiger partial charge >= 0.3 is 0 Å². The Kier molecular flexibility index (Phi) is 7.51. The van der Waals surface area contributed by atoms with Crippen LogP contribution in [0.1, 0.15) is 5.56 Å². The zero-order valence-electron chi connectivity index (χ0n) is 17.6. The lowest BCUT2D eigenvalue weighted by atomic mass is 10.1. The summed E-state index contributed by atoms with van der Waals surface area (Å²) in [6.07, 6.45) is 1.56. The van der Waals surface area contributed by atoms with E-state index in [4.69, 9.17) is 14.2 Å². The van der Waals surface area contributed by atoms with Crippen LogP contribution in [0.5, 0.6) is 11.5 Å². The van der Waals surface area contributed by atoms with Crippen LogP contribution in [0.3, 0.4) is 0 Å². The molecule has 1 fully saturated rings. The fourth-order valence-corrected chi connectivity index (χ4v) is 3.03. The summed E-state index contributed by atoms with van der Waals surface area (Å²) in [6.45, 7) is 3.02. The predicted octanol–water partition coefficient (Wildman–Crippen LogP) is 2.13. The monoisotopic (exact) mass is 412 g/mol. The fraction of sp³-hybridized carbons (Fsp3) is 0.364. The Morgan fingerprint density at radius 3 is 2.77 bits per heavy atom. The molecule has 160 valence electrons. The average Bonchev–Trinajstić information content (AvgIpc) is 2.78.